The highest BCUT2D eigenvalue weighted by Crippen LogP contribution is 2.22. The highest BCUT2D eigenvalue weighted by atomic mass is 35.5. The quantitative estimate of drug-likeness (QED) is 0.701. The summed E-state index contributed by atoms with van der Waals surface area (Å²) in [6, 6.07) is 16.7. The van der Waals surface area contributed by atoms with Gasteiger partial charge >= 0.3 is 0 Å². The van der Waals surface area contributed by atoms with Crippen LogP contribution < -0.4 is 5.32 Å². The van der Waals surface area contributed by atoms with Gasteiger partial charge in [-0.2, -0.15) is 0 Å². The number of nitrogens with zero attached hydrogens (tertiary/aromatic N) is 2. The van der Waals surface area contributed by atoms with Gasteiger partial charge in [-0.15, -0.1) is 10.2 Å². The molecule has 0 unspecified atom stereocenters. The van der Waals surface area contributed by atoms with E-state index in [0.717, 1.165) is 0 Å². The summed E-state index contributed by atoms with van der Waals surface area (Å²) in [7, 11) is -3.40. The van der Waals surface area contributed by atoms with E-state index in [4.69, 9.17) is 11.6 Å². The van der Waals surface area contributed by atoms with E-state index in [1.54, 1.807) is 61.5 Å². The number of halogens is 1. The average molecular weight is 402 g/mol. The van der Waals surface area contributed by atoms with Crippen molar-refractivity contribution in [1.82, 2.24) is 10.2 Å². The van der Waals surface area contributed by atoms with Gasteiger partial charge in [0.25, 0.3) is 5.91 Å². The van der Waals surface area contributed by atoms with Crippen LogP contribution in [0.5, 0.6) is 0 Å². The molecule has 6 nitrogen and oxygen atoms in total. The summed E-state index contributed by atoms with van der Waals surface area (Å²) in [5.41, 5.74) is 2.22. The van der Waals surface area contributed by atoms with E-state index < -0.39 is 9.84 Å². The van der Waals surface area contributed by atoms with E-state index in [0.29, 0.717) is 27.5 Å². The van der Waals surface area contributed by atoms with Crippen LogP contribution in [0.2, 0.25) is 5.02 Å². The number of hydrogen-bond acceptors (Lipinski definition) is 5. The van der Waals surface area contributed by atoms with Gasteiger partial charge in [0, 0.05) is 21.8 Å². The Kier molecular flexibility index (Phi) is 5.53. The molecule has 0 saturated heterocycles. The maximum absolute atomic E-state index is 12.3. The second kappa shape index (κ2) is 7.85. The van der Waals surface area contributed by atoms with Crippen LogP contribution in [0.4, 0.5) is 5.69 Å². The predicted octanol–water partition coefficient (Wildman–Crippen LogP) is 3.84. The van der Waals surface area contributed by atoms with Gasteiger partial charge < -0.3 is 5.32 Å². The SMILES string of the molecule is CCS(=O)(=O)c1ccc(-c2cccc(NC(=O)c3cccc(Cl)c3)c2)nn1. The van der Waals surface area contributed by atoms with Gasteiger partial charge in [0.15, 0.2) is 14.9 Å². The van der Waals surface area contributed by atoms with Crippen molar-refractivity contribution in [1.29, 1.82) is 0 Å². The Labute approximate surface area is 162 Å². The van der Waals surface area contributed by atoms with Crippen molar-refractivity contribution < 1.29 is 13.2 Å². The lowest BCUT2D eigenvalue weighted by atomic mass is 10.1. The first kappa shape index (κ1) is 19.0. The molecule has 1 amide bonds. The Morgan fingerprint density at radius 3 is 2.48 bits per heavy atom. The van der Waals surface area contributed by atoms with E-state index in [1.165, 1.54) is 6.07 Å². The van der Waals surface area contributed by atoms with Gasteiger partial charge in [0.1, 0.15) is 0 Å². The molecule has 0 saturated carbocycles. The highest BCUT2D eigenvalue weighted by molar-refractivity contribution is 7.91. The lowest BCUT2D eigenvalue weighted by Crippen LogP contribution is -2.11. The zero-order chi connectivity index (χ0) is 19.4. The first-order chi connectivity index (χ1) is 12.9. The van der Waals surface area contributed by atoms with E-state index in [9.17, 15) is 13.2 Å². The number of carbonyl (C=O) groups is 1. The Morgan fingerprint density at radius 1 is 1.04 bits per heavy atom. The second-order valence-corrected chi connectivity index (χ2v) is 8.37. The number of sulfone groups is 1. The van der Waals surface area contributed by atoms with Gasteiger partial charge in [-0.1, -0.05) is 36.7 Å². The molecule has 0 aliphatic carbocycles. The van der Waals surface area contributed by atoms with Gasteiger partial charge in [0.05, 0.1) is 11.4 Å². The van der Waals surface area contributed by atoms with Gasteiger partial charge in [0.2, 0.25) is 0 Å². The molecular formula is C19H16ClN3O3S. The normalized spacial score (nSPS) is 11.2. The first-order valence-electron chi connectivity index (χ1n) is 8.13. The first-order valence-corrected chi connectivity index (χ1v) is 10.2. The molecule has 0 aliphatic heterocycles. The summed E-state index contributed by atoms with van der Waals surface area (Å²) < 4.78 is 23.6. The minimum atomic E-state index is -3.40. The standard InChI is InChI=1S/C19H16ClN3O3S/c1-2-27(25,26)18-10-9-17(22-23-18)13-5-4-8-16(12-13)21-19(24)14-6-3-7-15(20)11-14/h3-12H,2H2,1H3,(H,21,24). The van der Waals surface area contributed by atoms with E-state index in [-0.39, 0.29) is 16.7 Å². The average Bonchev–Trinajstić information content (AvgIpc) is 2.68. The fraction of sp³-hybridized carbons (Fsp3) is 0.105. The van der Waals surface area contributed by atoms with Crippen LogP contribution in [0, 0.1) is 0 Å². The van der Waals surface area contributed by atoms with Crippen LogP contribution in [0.25, 0.3) is 11.3 Å². The lowest BCUT2D eigenvalue weighted by molar-refractivity contribution is 0.102. The smallest absolute Gasteiger partial charge is 0.255 e. The number of amides is 1. The molecule has 8 heteroatoms. The Balaban J connectivity index is 1.82. The number of anilines is 1. The fourth-order valence-electron chi connectivity index (χ4n) is 2.38. The van der Waals surface area contributed by atoms with Crippen molar-refractivity contribution in [2.24, 2.45) is 0 Å². The van der Waals surface area contributed by atoms with Crippen molar-refractivity contribution in [2.45, 2.75) is 11.9 Å². The minimum Gasteiger partial charge on any atom is -0.322 e. The number of rotatable bonds is 5. The number of aromatic nitrogens is 2. The molecule has 3 rings (SSSR count). The van der Waals surface area contributed by atoms with Crippen LogP contribution in [0.1, 0.15) is 17.3 Å². The maximum atomic E-state index is 12.3. The molecule has 0 bridgehead atoms. The van der Waals surface area contributed by atoms with Crippen LogP contribution in [0.15, 0.2) is 65.7 Å². The number of hydrogen-bond donors (Lipinski definition) is 1. The van der Waals surface area contributed by atoms with E-state index in [1.807, 2.05) is 0 Å². The van der Waals surface area contributed by atoms with Crippen molar-refractivity contribution in [2.75, 3.05) is 11.1 Å². The maximum Gasteiger partial charge on any atom is 0.255 e. The zero-order valence-electron chi connectivity index (χ0n) is 14.4. The third-order valence-electron chi connectivity index (χ3n) is 3.84. The number of benzene rings is 2. The van der Waals surface area contributed by atoms with Gasteiger partial charge in [-0.3, -0.25) is 4.79 Å². The van der Waals surface area contributed by atoms with Crippen LogP contribution in [0.3, 0.4) is 0 Å². The zero-order valence-corrected chi connectivity index (χ0v) is 16.0. The fourth-order valence-corrected chi connectivity index (χ4v) is 3.30. The van der Waals surface area contributed by atoms with Crippen molar-refractivity contribution in [3.63, 3.8) is 0 Å². The summed E-state index contributed by atoms with van der Waals surface area (Å²) in [4.78, 5) is 12.3. The van der Waals surface area contributed by atoms with Crippen LogP contribution in [-0.4, -0.2) is 30.3 Å². The molecule has 138 valence electrons. The minimum absolute atomic E-state index is 0.0357. The molecular weight excluding hydrogens is 386 g/mol. The summed E-state index contributed by atoms with van der Waals surface area (Å²) >= 11 is 5.91. The van der Waals surface area contributed by atoms with Gasteiger partial charge in [-0.25, -0.2) is 8.42 Å². The molecule has 0 fully saturated rings. The molecule has 0 atom stereocenters. The van der Waals surface area contributed by atoms with Gasteiger partial charge in [-0.05, 0) is 42.5 Å². The third-order valence-corrected chi connectivity index (χ3v) is 5.69. The molecule has 2 aromatic carbocycles. The second-order valence-electron chi connectivity index (χ2n) is 5.71. The third kappa shape index (κ3) is 4.50. The summed E-state index contributed by atoms with van der Waals surface area (Å²) in [6.07, 6.45) is 0. The van der Waals surface area contributed by atoms with Crippen LogP contribution >= 0.6 is 11.6 Å². The Morgan fingerprint density at radius 2 is 1.81 bits per heavy atom. The molecule has 1 N–H and O–H groups in total. The molecule has 1 heterocycles. The van der Waals surface area contributed by atoms with E-state index >= 15 is 0 Å². The molecule has 0 radical (unpaired) electrons. The monoisotopic (exact) mass is 401 g/mol. The summed E-state index contributed by atoms with van der Waals surface area (Å²) in [5, 5.41) is 11.0. The molecule has 0 spiro atoms. The largest absolute Gasteiger partial charge is 0.322 e. The molecule has 3 aromatic rings. The molecule has 0 aliphatic rings. The number of nitrogens with one attached hydrogen (secondary N) is 1. The highest BCUT2D eigenvalue weighted by Gasteiger charge is 2.14. The molecule has 1 aromatic heterocycles. The lowest BCUT2D eigenvalue weighted by Gasteiger charge is -2.08. The summed E-state index contributed by atoms with van der Waals surface area (Å²) in [6.45, 7) is 1.55. The van der Waals surface area contributed by atoms with Crippen molar-refractivity contribution in [3.05, 3.63) is 71.2 Å². The Hall–Kier alpha value is -2.77. The predicted molar refractivity (Wildman–Crippen MR) is 105 cm³/mol. The summed E-state index contributed by atoms with van der Waals surface area (Å²) in [5.74, 6) is -0.323. The van der Waals surface area contributed by atoms with Crippen molar-refractivity contribution >= 4 is 33.0 Å². The van der Waals surface area contributed by atoms with Crippen LogP contribution in [-0.2, 0) is 9.84 Å². The van der Waals surface area contributed by atoms with Crippen molar-refractivity contribution in [3.8, 4) is 11.3 Å². The topological polar surface area (TPSA) is 89.0 Å². The van der Waals surface area contributed by atoms with E-state index in [2.05, 4.69) is 15.5 Å². The molecule has 27 heavy (non-hydrogen) atoms. The number of carbonyl (C=O) groups excluding carboxylic acids is 1. The Bertz CT molecular complexity index is 1080.